The molecule has 7 heteroatoms. The molecule has 2 aromatic heterocycles. The Hall–Kier alpha value is -2.93. The summed E-state index contributed by atoms with van der Waals surface area (Å²) < 4.78 is 25.6. The number of carbonyl (C=O) groups excluding carboxylic acids is 2. The summed E-state index contributed by atoms with van der Waals surface area (Å²) >= 11 is 1.66. The number of benzene rings is 1. The van der Waals surface area contributed by atoms with E-state index in [1.807, 2.05) is 31.4 Å². The minimum absolute atomic E-state index is 0.0390. The summed E-state index contributed by atoms with van der Waals surface area (Å²) in [6.45, 7) is 3.65. The molecule has 0 bridgehead atoms. The molecule has 0 aliphatic heterocycles. The minimum Gasteiger partial charge on any atom is -0.479 e. The summed E-state index contributed by atoms with van der Waals surface area (Å²) in [6, 6.07) is 11.6. The van der Waals surface area contributed by atoms with E-state index < -0.39 is 18.4 Å². The number of nitrogens with zero attached hydrogens (tertiary/aromatic N) is 1. The second kappa shape index (κ2) is 8.84. The first-order valence-electron chi connectivity index (χ1n) is 8.71. The number of esters is 1. The predicted octanol–water partition coefficient (Wildman–Crippen LogP) is 4.16. The molecule has 0 saturated carbocycles. The number of ether oxygens (including phenoxy) is 2. The number of Topliss-reactive ketones (excluding diaryl/α,β-unsaturated/α-hetero) is 1. The van der Waals surface area contributed by atoms with Crippen LogP contribution < -0.4 is 4.74 Å². The van der Waals surface area contributed by atoms with E-state index in [0.29, 0.717) is 12.1 Å². The summed E-state index contributed by atoms with van der Waals surface area (Å²) in [5.41, 5.74) is 2.31. The zero-order chi connectivity index (χ0) is 20.1. The molecule has 0 spiro atoms. The van der Waals surface area contributed by atoms with Gasteiger partial charge in [0.2, 0.25) is 5.78 Å². The fourth-order valence-electron chi connectivity index (χ4n) is 2.85. The summed E-state index contributed by atoms with van der Waals surface area (Å²) in [4.78, 5) is 25.5. The Kier molecular flexibility index (Phi) is 6.26. The highest BCUT2D eigenvalue weighted by atomic mass is 32.1. The van der Waals surface area contributed by atoms with Gasteiger partial charge in [0.1, 0.15) is 0 Å². The first-order valence-corrected chi connectivity index (χ1v) is 9.59. The van der Waals surface area contributed by atoms with Crippen LogP contribution >= 0.6 is 11.3 Å². The van der Waals surface area contributed by atoms with Crippen molar-refractivity contribution < 1.29 is 23.5 Å². The van der Waals surface area contributed by atoms with Crippen molar-refractivity contribution in [2.24, 2.45) is 0 Å². The lowest BCUT2D eigenvalue weighted by Gasteiger charge is -2.09. The Morgan fingerprint density at radius 1 is 1.11 bits per heavy atom. The number of aryl methyl sites for hydroxylation is 1. The molecular formula is C21H20FNO4S. The summed E-state index contributed by atoms with van der Waals surface area (Å²) in [7, 11) is 0. The maximum absolute atomic E-state index is 13.5. The van der Waals surface area contributed by atoms with Gasteiger partial charge in [-0.25, -0.2) is 9.18 Å². The van der Waals surface area contributed by atoms with Crippen molar-refractivity contribution in [1.82, 2.24) is 4.57 Å². The van der Waals surface area contributed by atoms with Gasteiger partial charge in [-0.3, -0.25) is 4.79 Å². The highest BCUT2D eigenvalue weighted by molar-refractivity contribution is 7.09. The van der Waals surface area contributed by atoms with Crippen molar-refractivity contribution >= 4 is 23.1 Å². The van der Waals surface area contributed by atoms with Crippen LogP contribution in [0.4, 0.5) is 4.39 Å². The number of rotatable bonds is 8. The quantitative estimate of drug-likeness (QED) is 0.420. The summed E-state index contributed by atoms with van der Waals surface area (Å²) in [5.74, 6) is -1.62. The van der Waals surface area contributed by atoms with Crippen LogP contribution in [0.1, 0.15) is 26.6 Å². The third kappa shape index (κ3) is 4.67. The third-order valence-electron chi connectivity index (χ3n) is 4.31. The Bertz CT molecular complexity index is 978. The average Bonchev–Trinajstić information content (AvgIpc) is 3.29. The van der Waals surface area contributed by atoms with Crippen molar-refractivity contribution in [1.29, 1.82) is 0 Å². The van der Waals surface area contributed by atoms with Gasteiger partial charge >= 0.3 is 5.97 Å². The van der Waals surface area contributed by atoms with Crippen LogP contribution in [0.2, 0.25) is 0 Å². The smallest absolute Gasteiger partial charge is 0.344 e. The number of thiophene rings is 1. The number of ketones is 1. The van der Waals surface area contributed by atoms with Gasteiger partial charge in [0.25, 0.3) is 0 Å². The number of aromatic nitrogens is 1. The van der Waals surface area contributed by atoms with Gasteiger partial charge in [-0.2, -0.15) is 0 Å². The van der Waals surface area contributed by atoms with Crippen LogP contribution in [0, 0.1) is 19.7 Å². The van der Waals surface area contributed by atoms with Gasteiger partial charge in [0.05, 0.1) is 6.54 Å². The maximum atomic E-state index is 13.5. The second-order valence-electron chi connectivity index (χ2n) is 6.25. The van der Waals surface area contributed by atoms with Crippen LogP contribution in [0.15, 0.2) is 47.8 Å². The van der Waals surface area contributed by atoms with Gasteiger partial charge in [0, 0.05) is 21.8 Å². The molecule has 3 rings (SSSR count). The molecule has 28 heavy (non-hydrogen) atoms. The lowest BCUT2D eigenvalue weighted by molar-refractivity contribution is -0.144. The van der Waals surface area contributed by atoms with E-state index in [1.165, 1.54) is 23.1 Å². The third-order valence-corrected chi connectivity index (χ3v) is 5.18. The molecule has 1 aromatic carbocycles. The van der Waals surface area contributed by atoms with Crippen molar-refractivity contribution in [3.05, 3.63) is 75.5 Å². The lowest BCUT2D eigenvalue weighted by Crippen LogP contribution is -2.20. The monoisotopic (exact) mass is 401 g/mol. The van der Waals surface area contributed by atoms with Gasteiger partial charge in [0.15, 0.2) is 24.8 Å². The Labute approximate surface area is 166 Å². The maximum Gasteiger partial charge on any atom is 0.344 e. The normalized spacial score (nSPS) is 10.7. The van der Waals surface area contributed by atoms with E-state index >= 15 is 0 Å². The zero-order valence-electron chi connectivity index (χ0n) is 15.6. The zero-order valence-corrected chi connectivity index (χ0v) is 16.4. The number of hydrogen-bond acceptors (Lipinski definition) is 5. The van der Waals surface area contributed by atoms with E-state index in [9.17, 15) is 14.0 Å². The molecule has 0 unspecified atom stereocenters. The predicted molar refractivity (Wildman–Crippen MR) is 105 cm³/mol. The summed E-state index contributed by atoms with van der Waals surface area (Å²) in [6.07, 6.45) is 0. The fraction of sp³-hybridized carbons (Fsp3) is 0.238. The molecule has 0 radical (unpaired) electrons. The minimum atomic E-state index is -0.732. The van der Waals surface area contributed by atoms with Crippen LogP contribution in [0.25, 0.3) is 0 Å². The standard InChI is InChI=1S/C21H20FNO4S/c1-14-10-17(15(2)23(14)11-16-6-5-9-28-16)19(24)12-27-21(25)13-26-20-8-4-3-7-18(20)22/h3-10H,11-13H2,1-2H3. The van der Waals surface area contributed by atoms with E-state index in [0.717, 1.165) is 11.4 Å². The van der Waals surface area contributed by atoms with Gasteiger partial charge in [-0.1, -0.05) is 18.2 Å². The van der Waals surface area contributed by atoms with Crippen molar-refractivity contribution in [2.45, 2.75) is 20.4 Å². The van der Waals surface area contributed by atoms with Crippen LogP contribution in [-0.2, 0) is 16.1 Å². The number of hydrogen-bond donors (Lipinski definition) is 0. The van der Waals surface area contributed by atoms with Gasteiger partial charge < -0.3 is 14.0 Å². The summed E-state index contributed by atoms with van der Waals surface area (Å²) in [5, 5.41) is 2.01. The van der Waals surface area contributed by atoms with Crippen LogP contribution in [0.3, 0.4) is 0 Å². The Morgan fingerprint density at radius 2 is 1.89 bits per heavy atom. The second-order valence-corrected chi connectivity index (χ2v) is 7.29. The number of carbonyl (C=O) groups is 2. The molecule has 3 aromatic rings. The van der Waals surface area contributed by atoms with Gasteiger partial charge in [-0.15, -0.1) is 11.3 Å². The molecule has 0 N–H and O–H groups in total. The fourth-order valence-corrected chi connectivity index (χ4v) is 3.54. The van der Waals surface area contributed by atoms with E-state index in [4.69, 9.17) is 9.47 Å². The molecule has 0 amide bonds. The Morgan fingerprint density at radius 3 is 2.61 bits per heavy atom. The highest BCUT2D eigenvalue weighted by Gasteiger charge is 2.18. The molecule has 0 saturated heterocycles. The number of para-hydroxylation sites is 1. The first-order chi connectivity index (χ1) is 13.5. The van der Waals surface area contributed by atoms with Crippen LogP contribution in [-0.4, -0.2) is 29.5 Å². The van der Waals surface area contributed by atoms with E-state index in [2.05, 4.69) is 4.57 Å². The Balaban J connectivity index is 1.56. The molecular weight excluding hydrogens is 381 g/mol. The molecule has 0 atom stereocenters. The van der Waals surface area contributed by atoms with Crippen molar-refractivity contribution in [3.63, 3.8) is 0 Å². The SMILES string of the molecule is Cc1cc(C(=O)COC(=O)COc2ccccc2F)c(C)n1Cc1cccs1. The molecule has 2 heterocycles. The first kappa shape index (κ1) is 19.8. The van der Waals surface area contributed by atoms with Crippen molar-refractivity contribution in [3.8, 4) is 5.75 Å². The van der Waals surface area contributed by atoms with E-state index in [-0.39, 0.29) is 18.1 Å². The molecule has 0 aliphatic rings. The highest BCUT2D eigenvalue weighted by Crippen LogP contribution is 2.20. The van der Waals surface area contributed by atoms with Gasteiger partial charge in [-0.05, 0) is 43.5 Å². The molecule has 0 fully saturated rings. The van der Waals surface area contributed by atoms with Crippen molar-refractivity contribution in [2.75, 3.05) is 13.2 Å². The van der Waals surface area contributed by atoms with E-state index in [1.54, 1.807) is 23.5 Å². The topological polar surface area (TPSA) is 57.5 Å². The molecule has 0 aliphatic carbocycles. The average molecular weight is 401 g/mol. The van der Waals surface area contributed by atoms with Crippen LogP contribution in [0.5, 0.6) is 5.75 Å². The molecule has 5 nitrogen and oxygen atoms in total. The number of halogens is 1. The largest absolute Gasteiger partial charge is 0.479 e. The lowest BCUT2D eigenvalue weighted by atomic mass is 10.1. The molecule has 146 valence electrons.